The summed E-state index contributed by atoms with van der Waals surface area (Å²) in [6.45, 7) is 12.9. The molecule has 0 unspecified atom stereocenters. The molecule has 5 aliphatic heterocycles. The monoisotopic (exact) mass is 518 g/mol. The number of carboxylic acid groups (broad SMARTS) is 1. The minimum Gasteiger partial charge on any atom is -0.481 e. The Kier molecular flexibility index (Phi) is 6.09. The van der Waals surface area contributed by atoms with Crippen molar-refractivity contribution < 1.29 is 9.90 Å². The SMILES string of the molecule is CCC1=C(C)C2=CC3=NC(=C4CCC5=C(C)C(=CC6=NC(=CC1=N2)C(C)=C6CC)N=C54)C(CCC(=O)O)=C3C. The lowest BCUT2D eigenvalue weighted by Crippen LogP contribution is -2.02. The summed E-state index contributed by atoms with van der Waals surface area (Å²) < 4.78 is 0. The molecule has 198 valence electrons. The van der Waals surface area contributed by atoms with Gasteiger partial charge in [0.05, 0.1) is 45.6 Å². The lowest BCUT2D eigenvalue weighted by atomic mass is 9.96. The summed E-state index contributed by atoms with van der Waals surface area (Å²) in [4.78, 5) is 32.0. The van der Waals surface area contributed by atoms with Crippen LogP contribution < -0.4 is 0 Å². The molecule has 0 aromatic heterocycles. The van der Waals surface area contributed by atoms with Crippen LogP contribution in [0, 0.1) is 0 Å². The second-order valence-corrected chi connectivity index (χ2v) is 10.9. The molecule has 39 heavy (non-hydrogen) atoms. The first-order valence-electron chi connectivity index (χ1n) is 14.0. The molecule has 5 heterocycles. The number of carboxylic acids is 1. The fraction of sp³-hybridized carbons (Fsp3) is 0.364. The zero-order chi connectivity index (χ0) is 27.6. The van der Waals surface area contributed by atoms with Crippen LogP contribution in [0.2, 0.25) is 0 Å². The minimum atomic E-state index is -0.800. The van der Waals surface area contributed by atoms with Gasteiger partial charge in [0.15, 0.2) is 0 Å². The molecule has 1 N–H and O–H groups in total. The number of nitrogens with zero attached hydrogens (tertiary/aromatic N) is 4. The summed E-state index contributed by atoms with van der Waals surface area (Å²) in [6.07, 6.45) is 10.4. The number of aliphatic imine (C=N–C) groups is 4. The summed E-state index contributed by atoms with van der Waals surface area (Å²) in [5.41, 5.74) is 18.0. The second kappa shape index (κ2) is 9.37. The zero-order valence-electron chi connectivity index (χ0n) is 23.6. The van der Waals surface area contributed by atoms with E-state index in [9.17, 15) is 9.90 Å². The number of carbonyl (C=O) groups is 1. The lowest BCUT2D eigenvalue weighted by molar-refractivity contribution is -0.136. The van der Waals surface area contributed by atoms with Crippen molar-refractivity contribution in [2.45, 2.75) is 80.1 Å². The van der Waals surface area contributed by atoms with Crippen LogP contribution in [-0.4, -0.2) is 33.9 Å². The van der Waals surface area contributed by atoms with Crippen LogP contribution in [0.15, 0.2) is 111 Å². The number of fused-ring (bicyclic) bond motifs is 4. The van der Waals surface area contributed by atoms with E-state index in [2.05, 4.69) is 59.8 Å². The van der Waals surface area contributed by atoms with Crippen molar-refractivity contribution in [1.82, 2.24) is 0 Å². The lowest BCUT2D eigenvalue weighted by Gasteiger charge is -2.08. The van der Waals surface area contributed by atoms with E-state index in [0.717, 1.165) is 93.6 Å². The summed E-state index contributed by atoms with van der Waals surface area (Å²) in [5.74, 6) is -0.800. The smallest absolute Gasteiger partial charge is 0.303 e. The van der Waals surface area contributed by atoms with Crippen molar-refractivity contribution >= 4 is 28.8 Å². The van der Waals surface area contributed by atoms with Gasteiger partial charge in [-0.05, 0) is 123 Å². The molecule has 0 radical (unpaired) electrons. The predicted octanol–water partition coefficient (Wildman–Crippen LogP) is 7.47. The fourth-order valence-corrected chi connectivity index (χ4v) is 6.49. The molecule has 1 aliphatic carbocycles. The molecule has 0 spiro atoms. The van der Waals surface area contributed by atoms with Crippen LogP contribution in [0.4, 0.5) is 0 Å². The summed E-state index contributed by atoms with van der Waals surface area (Å²) >= 11 is 0. The van der Waals surface area contributed by atoms with Crippen LogP contribution in [0.5, 0.6) is 0 Å². The van der Waals surface area contributed by atoms with Crippen molar-refractivity contribution in [3.63, 3.8) is 0 Å². The highest BCUT2D eigenvalue weighted by molar-refractivity contribution is 6.22. The number of allylic oxidation sites excluding steroid dienone is 12. The Morgan fingerprint density at radius 2 is 1.23 bits per heavy atom. The topological polar surface area (TPSA) is 86.7 Å². The van der Waals surface area contributed by atoms with E-state index in [0.29, 0.717) is 6.42 Å². The molecule has 0 aromatic rings. The van der Waals surface area contributed by atoms with Gasteiger partial charge in [0.1, 0.15) is 0 Å². The van der Waals surface area contributed by atoms with Crippen LogP contribution in [0.25, 0.3) is 0 Å². The molecular formula is C33H34N4O2. The number of hydrogen-bond acceptors (Lipinski definition) is 5. The molecular weight excluding hydrogens is 484 g/mol. The fourth-order valence-electron chi connectivity index (χ4n) is 6.49. The average molecular weight is 519 g/mol. The first kappa shape index (κ1) is 25.4. The molecule has 1 fully saturated rings. The Balaban J connectivity index is 1.63. The highest BCUT2D eigenvalue weighted by Crippen LogP contribution is 2.44. The largest absolute Gasteiger partial charge is 0.481 e. The van der Waals surface area contributed by atoms with Crippen LogP contribution in [-0.2, 0) is 4.79 Å². The summed E-state index contributed by atoms with van der Waals surface area (Å²) in [5, 5.41) is 9.48. The van der Waals surface area contributed by atoms with E-state index in [-0.39, 0.29) is 6.42 Å². The summed E-state index contributed by atoms with van der Waals surface area (Å²) in [6, 6.07) is 0. The van der Waals surface area contributed by atoms with Gasteiger partial charge in [-0.1, -0.05) is 13.8 Å². The van der Waals surface area contributed by atoms with Crippen molar-refractivity contribution in [2.24, 2.45) is 20.0 Å². The van der Waals surface area contributed by atoms with Gasteiger partial charge in [-0.3, -0.25) is 4.79 Å². The first-order chi connectivity index (χ1) is 18.7. The Labute approximate surface area is 229 Å². The van der Waals surface area contributed by atoms with Gasteiger partial charge < -0.3 is 5.11 Å². The maximum absolute atomic E-state index is 11.5. The zero-order valence-corrected chi connectivity index (χ0v) is 23.6. The van der Waals surface area contributed by atoms with Crippen LogP contribution >= 0.6 is 0 Å². The molecule has 1 saturated carbocycles. The van der Waals surface area contributed by atoms with Crippen molar-refractivity contribution in [3.05, 3.63) is 91.2 Å². The molecule has 6 nitrogen and oxygen atoms in total. The van der Waals surface area contributed by atoms with Gasteiger partial charge in [-0.25, -0.2) is 20.0 Å². The van der Waals surface area contributed by atoms with E-state index in [1.807, 2.05) is 0 Å². The third-order valence-electron chi connectivity index (χ3n) is 8.80. The van der Waals surface area contributed by atoms with Crippen LogP contribution in [0.3, 0.4) is 0 Å². The quantitative estimate of drug-likeness (QED) is 0.409. The van der Waals surface area contributed by atoms with Gasteiger partial charge in [-0.15, -0.1) is 0 Å². The minimum absolute atomic E-state index is 0.0717. The highest BCUT2D eigenvalue weighted by atomic mass is 16.4. The molecule has 8 bridgehead atoms. The van der Waals surface area contributed by atoms with Gasteiger partial charge in [0, 0.05) is 12.0 Å². The second-order valence-electron chi connectivity index (χ2n) is 10.9. The number of rotatable bonds is 5. The molecule has 0 atom stereocenters. The molecule has 0 amide bonds. The maximum atomic E-state index is 11.5. The van der Waals surface area contributed by atoms with Gasteiger partial charge in [0.25, 0.3) is 0 Å². The van der Waals surface area contributed by atoms with Gasteiger partial charge in [0.2, 0.25) is 0 Å². The van der Waals surface area contributed by atoms with E-state index < -0.39 is 5.97 Å². The van der Waals surface area contributed by atoms with E-state index >= 15 is 0 Å². The highest BCUT2D eigenvalue weighted by Gasteiger charge is 2.35. The van der Waals surface area contributed by atoms with Crippen molar-refractivity contribution in [1.29, 1.82) is 0 Å². The van der Waals surface area contributed by atoms with E-state index in [1.54, 1.807) is 0 Å². The average Bonchev–Trinajstić information content (AvgIpc) is 3.66. The Bertz CT molecular complexity index is 1650. The van der Waals surface area contributed by atoms with Gasteiger partial charge in [-0.2, -0.15) is 0 Å². The van der Waals surface area contributed by atoms with E-state index in [4.69, 9.17) is 20.0 Å². The first-order valence-corrected chi connectivity index (χ1v) is 14.0. The normalized spacial score (nSPS) is 22.1. The van der Waals surface area contributed by atoms with Gasteiger partial charge >= 0.3 is 5.97 Å². The summed E-state index contributed by atoms with van der Waals surface area (Å²) in [7, 11) is 0. The third kappa shape index (κ3) is 3.96. The number of hydrogen-bond donors (Lipinski definition) is 1. The predicted molar refractivity (Wildman–Crippen MR) is 159 cm³/mol. The van der Waals surface area contributed by atoms with Crippen molar-refractivity contribution in [3.8, 4) is 0 Å². The standard InChI is InChI=1S/C33H34N4O2/c1-7-20-16(3)25-13-27-19(6)23(11-12-31(38)39)33(36-27)24-10-9-22-18(5)28(37-32(22)24)15-30-21(8-2)17(4)26(35-30)14-29(20)34-25/h13-15H,7-12H2,1-6H3,(H,38,39). The Morgan fingerprint density at radius 3 is 1.79 bits per heavy atom. The Morgan fingerprint density at radius 1 is 0.692 bits per heavy atom. The van der Waals surface area contributed by atoms with Crippen LogP contribution in [0.1, 0.15) is 80.1 Å². The number of aliphatic carboxylic acids is 1. The molecule has 0 aromatic carbocycles. The molecule has 6 aliphatic rings. The Hall–Kier alpha value is -3.93. The molecule has 6 rings (SSSR count). The molecule has 6 heteroatoms. The maximum Gasteiger partial charge on any atom is 0.303 e. The van der Waals surface area contributed by atoms with E-state index in [1.165, 1.54) is 27.9 Å². The van der Waals surface area contributed by atoms with Crippen molar-refractivity contribution in [2.75, 3.05) is 0 Å². The third-order valence-corrected chi connectivity index (χ3v) is 8.80. The molecule has 0 saturated heterocycles.